The first-order valence-electron chi connectivity index (χ1n) is 5.26. The molecule has 0 aliphatic heterocycles. The number of carboxylic acids is 1. The molecule has 4 N–H and O–H groups in total. The third kappa shape index (κ3) is 3.07. The Morgan fingerprint density at radius 2 is 2.18 bits per heavy atom. The molecule has 0 aliphatic rings. The highest BCUT2D eigenvalue weighted by Crippen LogP contribution is 2.12. The monoisotopic (exact) mass is 240 g/mol. The van der Waals surface area contributed by atoms with E-state index in [2.05, 4.69) is 5.32 Å². The number of carbonyl (C=O) groups excluding carboxylic acids is 1. The van der Waals surface area contributed by atoms with Crippen LogP contribution >= 0.6 is 0 Å². The number of rotatable bonds is 6. The topological polar surface area (TPSA) is 106 Å². The van der Waals surface area contributed by atoms with Crippen LogP contribution in [0, 0.1) is 0 Å². The normalized spacial score (nSPS) is 14.2. The summed E-state index contributed by atoms with van der Waals surface area (Å²) in [5.74, 6) is -1.25. The highest BCUT2D eigenvalue weighted by molar-refractivity contribution is 5.84. The van der Waals surface area contributed by atoms with E-state index >= 15 is 0 Å². The standard InChI is InChI=1S/C11H16N2O4/c1-3-11(2,10(12)16)13-6-7-4-5-8(17-7)9(14)15/h4-5,13H,3,6H2,1-2H3,(H2,12,16)(H,14,15). The summed E-state index contributed by atoms with van der Waals surface area (Å²) in [6.07, 6.45) is 0.537. The van der Waals surface area contributed by atoms with Gasteiger partial charge in [-0.15, -0.1) is 0 Å². The van der Waals surface area contributed by atoms with Crippen molar-refractivity contribution in [3.05, 3.63) is 23.7 Å². The Hall–Kier alpha value is -1.82. The molecule has 0 saturated heterocycles. The van der Waals surface area contributed by atoms with Gasteiger partial charge in [-0.3, -0.25) is 10.1 Å². The van der Waals surface area contributed by atoms with E-state index in [1.54, 1.807) is 13.0 Å². The number of nitrogens with two attached hydrogens (primary N) is 1. The van der Waals surface area contributed by atoms with Crippen LogP contribution in [-0.4, -0.2) is 22.5 Å². The summed E-state index contributed by atoms with van der Waals surface area (Å²) in [6, 6.07) is 2.92. The van der Waals surface area contributed by atoms with E-state index in [9.17, 15) is 9.59 Å². The van der Waals surface area contributed by atoms with Crippen molar-refractivity contribution in [1.29, 1.82) is 0 Å². The van der Waals surface area contributed by atoms with Gasteiger partial charge in [0.05, 0.1) is 12.1 Å². The van der Waals surface area contributed by atoms with Crippen LogP contribution < -0.4 is 11.1 Å². The van der Waals surface area contributed by atoms with Gasteiger partial charge in [0.25, 0.3) is 0 Å². The number of nitrogens with one attached hydrogen (secondary N) is 1. The van der Waals surface area contributed by atoms with Crippen LogP contribution in [0.2, 0.25) is 0 Å². The Kier molecular flexibility index (Phi) is 3.90. The van der Waals surface area contributed by atoms with E-state index in [0.29, 0.717) is 12.2 Å². The average molecular weight is 240 g/mol. The van der Waals surface area contributed by atoms with Gasteiger partial charge in [-0.25, -0.2) is 4.79 Å². The lowest BCUT2D eigenvalue weighted by molar-refractivity contribution is -0.124. The zero-order chi connectivity index (χ0) is 13.1. The molecule has 0 bridgehead atoms. The van der Waals surface area contributed by atoms with Crippen LogP contribution in [0.15, 0.2) is 16.5 Å². The van der Waals surface area contributed by atoms with Crippen molar-refractivity contribution in [2.24, 2.45) is 5.73 Å². The number of amides is 1. The third-order valence-corrected chi connectivity index (χ3v) is 2.78. The number of aromatic carboxylic acids is 1. The molecular weight excluding hydrogens is 224 g/mol. The number of carbonyl (C=O) groups is 2. The molecule has 6 nitrogen and oxygen atoms in total. The molecule has 0 radical (unpaired) electrons. The maximum Gasteiger partial charge on any atom is 0.371 e. The van der Waals surface area contributed by atoms with E-state index in [-0.39, 0.29) is 12.3 Å². The predicted octanol–water partition coefficient (Wildman–Crippen LogP) is 0.721. The molecule has 1 rings (SSSR count). The van der Waals surface area contributed by atoms with Gasteiger partial charge in [0, 0.05) is 0 Å². The minimum atomic E-state index is -1.12. The molecule has 6 heteroatoms. The summed E-state index contributed by atoms with van der Waals surface area (Å²) in [5, 5.41) is 11.6. The number of carboxylic acid groups (broad SMARTS) is 1. The Morgan fingerprint density at radius 1 is 1.53 bits per heavy atom. The molecular formula is C11H16N2O4. The smallest absolute Gasteiger partial charge is 0.371 e. The lowest BCUT2D eigenvalue weighted by Crippen LogP contribution is -2.52. The highest BCUT2D eigenvalue weighted by Gasteiger charge is 2.28. The minimum absolute atomic E-state index is 0.126. The average Bonchev–Trinajstić information content (AvgIpc) is 2.74. The van der Waals surface area contributed by atoms with Crippen LogP contribution in [0.3, 0.4) is 0 Å². The maximum atomic E-state index is 11.2. The number of furan rings is 1. The Morgan fingerprint density at radius 3 is 2.59 bits per heavy atom. The molecule has 1 amide bonds. The lowest BCUT2D eigenvalue weighted by atomic mass is 9.98. The molecule has 94 valence electrons. The number of hydrogen-bond donors (Lipinski definition) is 3. The second-order valence-electron chi connectivity index (χ2n) is 3.97. The SMILES string of the molecule is CCC(C)(NCc1ccc(C(=O)O)o1)C(N)=O. The van der Waals surface area contributed by atoms with Crippen molar-refractivity contribution in [1.82, 2.24) is 5.32 Å². The first-order valence-corrected chi connectivity index (χ1v) is 5.26. The van der Waals surface area contributed by atoms with Crippen molar-refractivity contribution in [2.75, 3.05) is 0 Å². The molecule has 17 heavy (non-hydrogen) atoms. The van der Waals surface area contributed by atoms with E-state index < -0.39 is 17.4 Å². The molecule has 0 spiro atoms. The van der Waals surface area contributed by atoms with Crippen molar-refractivity contribution < 1.29 is 19.1 Å². The third-order valence-electron chi connectivity index (χ3n) is 2.78. The summed E-state index contributed by atoms with van der Waals surface area (Å²) in [4.78, 5) is 21.8. The lowest BCUT2D eigenvalue weighted by Gasteiger charge is -2.25. The van der Waals surface area contributed by atoms with Gasteiger partial charge in [-0.2, -0.15) is 0 Å². The van der Waals surface area contributed by atoms with Gasteiger partial charge in [-0.05, 0) is 25.5 Å². The van der Waals surface area contributed by atoms with Gasteiger partial charge in [0.2, 0.25) is 11.7 Å². The number of hydrogen-bond acceptors (Lipinski definition) is 4. The fourth-order valence-corrected chi connectivity index (χ4v) is 1.26. The Bertz CT molecular complexity index is 427. The Balaban J connectivity index is 2.66. The van der Waals surface area contributed by atoms with E-state index in [1.807, 2.05) is 6.92 Å². The van der Waals surface area contributed by atoms with Crippen LogP contribution in [0.1, 0.15) is 36.6 Å². The zero-order valence-corrected chi connectivity index (χ0v) is 9.82. The fraction of sp³-hybridized carbons (Fsp3) is 0.455. The zero-order valence-electron chi connectivity index (χ0n) is 9.82. The second-order valence-corrected chi connectivity index (χ2v) is 3.97. The van der Waals surface area contributed by atoms with Crippen molar-refractivity contribution >= 4 is 11.9 Å². The predicted molar refractivity (Wildman–Crippen MR) is 60.4 cm³/mol. The molecule has 1 unspecified atom stereocenters. The summed E-state index contributed by atoms with van der Waals surface area (Å²) in [6.45, 7) is 3.78. The summed E-state index contributed by atoms with van der Waals surface area (Å²) in [5.41, 5.74) is 4.45. The molecule has 1 aromatic heterocycles. The van der Waals surface area contributed by atoms with Gasteiger partial charge in [-0.1, -0.05) is 6.92 Å². The molecule has 0 aliphatic carbocycles. The van der Waals surface area contributed by atoms with Gasteiger partial charge >= 0.3 is 5.97 Å². The molecule has 1 heterocycles. The molecule has 0 saturated carbocycles. The largest absolute Gasteiger partial charge is 0.475 e. The first-order chi connectivity index (χ1) is 7.89. The van der Waals surface area contributed by atoms with Crippen molar-refractivity contribution in [3.63, 3.8) is 0 Å². The molecule has 0 aromatic carbocycles. The van der Waals surface area contributed by atoms with E-state index in [0.717, 1.165) is 0 Å². The first kappa shape index (κ1) is 13.2. The maximum absolute atomic E-state index is 11.2. The molecule has 1 atom stereocenters. The van der Waals surface area contributed by atoms with Crippen molar-refractivity contribution in [3.8, 4) is 0 Å². The summed E-state index contributed by atoms with van der Waals surface area (Å²) < 4.78 is 5.05. The summed E-state index contributed by atoms with van der Waals surface area (Å²) >= 11 is 0. The van der Waals surface area contributed by atoms with Crippen molar-refractivity contribution in [2.45, 2.75) is 32.4 Å². The van der Waals surface area contributed by atoms with Gasteiger partial charge in [0.1, 0.15) is 5.76 Å². The van der Waals surface area contributed by atoms with Gasteiger partial charge < -0.3 is 15.3 Å². The molecule has 1 aromatic rings. The van der Waals surface area contributed by atoms with Crippen LogP contribution in [0.25, 0.3) is 0 Å². The van der Waals surface area contributed by atoms with E-state index in [4.69, 9.17) is 15.3 Å². The van der Waals surface area contributed by atoms with Gasteiger partial charge in [0.15, 0.2) is 0 Å². The van der Waals surface area contributed by atoms with Crippen LogP contribution in [-0.2, 0) is 11.3 Å². The van der Waals surface area contributed by atoms with Crippen LogP contribution in [0.5, 0.6) is 0 Å². The quantitative estimate of drug-likeness (QED) is 0.679. The highest BCUT2D eigenvalue weighted by atomic mass is 16.4. The number of primary amides is 1. The second kappa shape index (κ2) is 5.01. The molecule has 0 fully saturated rings. The fourth-order valence-electron chi connectivity index (χ4n) is 1.26. The Labute approximate surface area is 98.8 Å². The van der Waals surface area contributed by atoms with E-state index in [1.165, 1.54) is 6.07 Å². The van der Waals surface area contributed by atoms with Crippen LogP contribution in [0.4, 0.5) is 0 Å². The summed E-state index contributed by atoms with van der Waals surface area (Å²) in [7, 11) is 0. The minimum Gasteiger partial charge on any atom is -0.475 e.